The molecule has 6 aromatic rings. The van der Waals surface area contributed by atoms with Crippen LogP contribution in [0.5, 0.6) is 11.5 Å². The van der Waals surface area contributed by atoms with Gasteiger partial charge < -0.3 is 9.15 Å². The third-order valence-electron chi connectivity index (χ3n) is 6.55. The summed E-state index contributed by atoms with van der Waals surface area (Å²) in [7, 11) is 2.04. The first-order valence-corrected chi connectivity index (χ1v) is 11.8. The van der Waals surface area contributed by atoms with Gasteiger partial charge in [0.05, 0.1) is 17.2 Å². The Morgan fingerprint density at radius 1 is 0.750 bits per heavy atom. The standard InChI is InChI=1S/C32H23N2O2/c1-21-14-16-26-27-17-15-23(20-33)30(22-9-8-12-25(19-22)35-24-10-4-3-5-11-24)32(27)36-31(26)29(21)28-13-6-7-18-34(28)2/h3-19H,1-2H3/q+1. The second-order valence-corrected chi connectivity index (χ2v) is 8.85. The van der Waals surface area contributed by atoms with Crippen molar-refractivity contribution in [3.8, 4) is 40.0 Å². The van der Waals surface area contributed by atoms with Gasteiger partial charge in [-0.2, -0.15) is 5.26 Å². The van der Waals surface area contributed by atoms with E-state index in [9.17, 15) is 5.26 Å². The molecule has 36 heavy (non-hydrogen) atoms. The lowest BCUT2D eigenvalue weighted by atomic mass is 9.96. The summed E-state index contributed by atoms with van der Waals surface area (Å²) in [6.45, 7) is 2.10. The topological polar surface area (TPSA) is 50.0 Å². The molecule has 4 aromatic carbocycles. The molecule has 4 heteroatoms. The monoisotopic (exact) mass is 467 g/mol. The SMILES string of the molecule is Cc1ccc2c(oc3c(-c4cccc(Oc5ccccc5)c4)c(C#N)ccc32)c1-c1cccc[n+]1C. The van der Waals surface area contributed by atoms with Crippen molar-refractivity contribution in [2.75, 3.05) is 0 Å². The molecule has 0 saturated heterocycles. The summed E-state index contributed by atoms with van der Waals surface area (Å²) in [6, 6.07) is 34.1. The predicted octanol–water partition coefficient (Wildman–Crippen LogP) is 7.72. The summed E-state index contributed by atoms with van der Waals surface area (Å²) < 4.78 is 14.8. The van der Waals surface area contributed by atoms with Crippen molar-refractivity contribution in [1.29, 1.82) is 5.26 Å². The Kier molecular flexibility index (Phi) is 5.24. The Balaban J connectivity index is 1.60. The molecule has 0 unspecified atom stereocenters. The van der Waals surface area contributed by atoms with Crippen LogP contribution in [0.1, 0.15) is 11.1 Å². The summed E-state index contributed by atoms with van der Waals surface area (Å²) in [5, 5.41) is 12.0. The summed E-state index contributed by atoms with van der Waals surface area (Å²) in [6.07, 6.45) is 2.04. The van der Waals surface area contributed by atoms with E-state index in [0.717, 1.165) is 50.1 Å². The molecule has 2 aromatic heterocycles. The van der Waals surface area contributed by atoms with Gasteiger partial charge in [-0.15, -0.1) is 0 Å². The molecule has 0 spiro atoms. The van der Waals surface area contributed by atoms with E-state index in [-0.39, 0.29) is 0 Å². The Morgan fingerprint density at radius 2 is 1.47 bits per heavy atom. The number of ether oxygens (including phenoxy) is 1. The molecule has 2 heterocycles. The third kappa shape index (κ3) is 3.59. The largest absolute Gasteiger partial charge is 0.457 e. The van der Waals surface area contributed by atoms with E-state index < -0.39 is 0 Å². The number of nitriles is 1. The highest BCUT2D eigenvalue weighted by Gasteiger charge is 2.23. The van der Waals surface area contributed by atoms with E-state index in [4.69, 9.17) is 9.15 Å². The fourth-order valence-corrected chi connectivity index (χ4v) is 4.82. The fraction of sp³-hybridized carbons (Fsp3) is 0.0625. The predicted molar refractivity (Wildman–Crippen MR) is 142 cm³/mol. The summed E-state index contributed by atoms with van der Waals surface area (Å²) >= 11 is 0. The van der Waals surface area contributed by atoms with Crippen LogP contribution >= 0.6 is 0 Å². The van der Waals surface area contributed by atoms with Crippen LogP contribution in [0.25, 0.3) is 44.3 Å². The van der Waals surface area contributed by atoms with Crippen molar-refractivity contribution < 1.29 is 13.7 Å². The average Bonchev–Trinajstić information content (AvgIpc) is 3.28. The minimum atomic E-state index is 0.557. The van der Waals surface area contributed by atoms with Crippen LogP contribution in [0.4, 0.5) is 0 Å². The molecule has 0 aliphatic heterocycles. The van der Waals surface area contributed by atoms with Crippen molar-refractivity contribution in [2.45, 2.75) is 6.92 Å². The smallest absolute Gasteiger partial charge is 0.216 e. The van der Waals surface area contributed by atoms with E-state index in [1.807, 2.05) is 92.1 Å². The molecule has 0 aliphatic rings. The number of benzene rings is 4. The van der Waals surface area contributed by atoms with Gasteiger partial charge in [-0.3, -0.25) is 0 Å². The Bertz CT molecular complexity index is 1790. The molecule has 6 rings (SSSR count). The quantitative estimate of drug-likeness (QED) is 0.249. The van der Waals surface area contributed by atoms with Gasteiger partial charge in [0.25, 0.3) is 0 Å². The molecule has 0 fully saturated rings. The van der Waals surface area contributed by atoms with Gasteiger partial charge in [0.2, 0.25) is 5.69 Å². The van der Waals surface area contributed by atoms with Crippen molar-refractivity contribution in [3.63, 3.8) is 0 Å². The molecule has 0 aliphatic carbocycles. The van der Waals surface area contributed by atoms with Crippen LogP contribution in [0.15, 0.2) is 108 Å². The Hall–Kier alpha value is -4.88. The maximum Gasteiger partial charge on any atom is 0.216 e. The molecule has 0 radical (unpaired) electrons. The molecule has 0 atom stereocenters. The number of para-hydroxylation sites is 1. The van der Waals surface area contributed by atoms with E-state index >= 15 is 0 Å². The molecule has 0 N–H and O–H groups in total. The maximum atomic E-state index is 10.0. The van der Waals surface area contributed by atoms with Crippen molar-refractivity contribution in [1.82, 2.24) is 0 Å². The molecule has 4 nitrogen and oxygen atoms in total. The van der Waals surface area contributed by atoms with Crippen LogP contribution in [0.2, 0.25) is 0 Å². The molecular formula is C32H23N2O2+. The van der Waals surface area contributed by atoms with E-state index in [0.29, 0.717) is 16.9 Å². The molecule has 0 amide bonds. The fourth-order valence-electron chi connectivity index (χ4n) is 4.82. The number of hydrogen-bond acceptors (Lipinski definition) is 3. The first kappa shape index (κ1) is 21.6. The van der Waals surface area contributed by atoms with E-state index in [2.05, 4.69) is 35.8 Å². The summed E-state index contributed by atoms with van der Waals surface area (Å²) in [4.78, 5) is 0. The molecule has 172 valence electrons. The minimum Gasteiger partial charge on any atom is -0.457 e. The van der Waals surface area contributed by atoms with Gasteiger partial charge in [-0.1, -0.05) is 42.5 Å². The zero-order valence-corrected chi connectivity index (χ0v) is 20.0. The van der Waals surface area contributed by atoms with E-state index in [1.54, 1.807) is 0 Å². The van der Waals surface area contributed by atoms with Crippen molar-refractivity contribution >= 4 is 21.9 Å². The van der Waals surface area contributed by atoms with Crippen LogP contribution in [-0.2, 0) is 7.05 Å². The minimum absolute atomic E-state index is 0.557. The lowest BCUT2D eigenvalue weighted by Crippen LogP contribution is -2.30. The molecule has 0 saturated carbocycles. The summed E-state index contributed by atoms with van der Waals surface area (Å²) in [5.74, 6) is 1.46. The number of fused-ring (bicyclic) bond motifs is 3. The third-order valence-corrected chi connectivity index (χ3v) is 6.55. The van der Waals surface area contributed by atoms with Gasteiger partial charge in [-0.25, -0.2) is 4.57 Å². The molecular weight excluding hydrogens is 444 g/mol. The Labute approximate surface area is 209 Å². The van der Waals surface area contributed by atoms with Crippen LogP contribution in [0, 0.1) is 18.3 Å². The number of aromatic nitrogens is 1. The lowest BCUT2D eigenvalue weighted by Gasteiger charge is -2.09. The zero-order valence-electron chi connectivity index (χ0n) is 20.0. The zero-order chi connectivity index (χ0) is 24.6. The second-order valence-electron chi connectivity index (χ2n) is 8.85. The highest BCUT2D eigenvalue weighted by atomic mass is 16.5. The number of rotatable bonds is 4. The lowest BCUT2D eigenvalue weighted by molar-refractivity contribution is -0.660. The van der Waals surface area contributed by atoms with Gasteiger partial charge >= 0.3 is 0 Å². The van der Waals surface area contributed by atoms with Crippen LogP contribution < -0.4 is 9.30 Å². The van der Waals surface area contributed by atoms with Gasteiger partial charge in [-0.05, 0) is 60.5 Å². The van der Waals surface area contributed by atoms with Gasteiger partial charge in [0, 0.05) is 28.5 Å². The van der Waals surface area contributed by atoms with Crippen molar-refractivity contribution in [2.24, 2.45) is 7.05 Å². The number of pyridine rings is 1. The molecule has 0 bridgehead atoms. The van der Waals surface area contributed by atoms with Crippen molar-refractivity contribution in [3.05, 3.63) is 114 Å². The first-order chi connectivity index (χ1) is 17.6. The second kappa shape index (κ2) is 8.72. The Morgan fingerprint density at radius 3 is 2.25 bits per heavy atom. The van der Waals surface area contributed by atoms with Crippen LogP contribution in [-0.4, -0.2) is 0 Å². The maximum absolute atomic E-state index is 10.0. The van der Waals surface area contributed by atoms with Crippen LogP contribution in [0.3, 0.4) is 0 Å². The van der Waals surface area contributed by atoms with E-state index in [1.165, 1.54) is 0 Å². The number of nitrogens with zero attached hydrogens (tertiary/aromatic N) is 2. The number of aryl methyl sites for hydroxylation is 2. The number of furan rings is 1. The highest BCUT2D eigenvalue weighted by Crippen LogP contribution is 2.42. The first-order valence-electron chi connectivity index (χ1n) is 11.8. The summed E-state index contributed by atoms with van der Waals surface area (Å²) in [5.41, 5.74) is 6.97. The van der Waals surface area contributed by atoms with Gasteiger partial charge in [0.15, 0.2) is 6.20 Å². The highest BCUT2D eigenvalue weighted by molar-refractivity contribution is 6.14. The van der Waals surface area contributed by atoms with Gasteiger partial charge in [0.1, 0.15) is 29.7 Å². The number of hydrogen-bond donors (Lipinski definition) is 0. The normalized spacial score (nSPS) is 11.0. The average molecular weight is 468 g/mol.